The topological polar surface area (TPSA) is 106 Å². The molecular weight excluding hydrogens is 376 g/mol. The molecule has 0 spiro atoms. The number of nitriles is 1. The molecule has 1 saturated heterocycles. The summed E-state index contributed by atoms with van der Waals surface area (Å²) in [4.78, 5) is 37.7. The van der Waals surface area contributed by atoms with Crippen LogP contribution in [0.5, 0.6) is 5.75 Å². The van der Waals surface area contributed by atoms with Crippen LogP contribution in [0.15, 0.2) is 29.8 Å². The van der Waals surface area contributed by atoms with Crippen molar-refractivity contribution in [2.45, 2.75) is 19.8 Å². The van der Waals surface area contributed by atoms with Crippen molar-refractivity contribution in [3.05, 3.63) is 35.4 Å². The first-order chi connectivity index (χ1) is 14.0. The van der Waals surface area contributed by atoms with Crippen molar-refractivity contribution in [1.82, 2.24) is 4.90 Å². The highest BCUT2D eigenvalue weighted by Crippen LogP contribution is 2.19. The van der Waals surface area contributed by atoms with Gasteiger partial charge in [-0.3, -0.25) is 9.59 Å². The lowest BCUT2D eigenvalue weighted by Gasteiger charge is -2.30. The number of likely N-dealkylation sites (tertiary alicyclic amines) is 1. The molecule has 2 rings (SSSR count). The second-order valence-corrected chi connectivity index (χ2v) is 6.43. The molecule has 0 unspecified atom stereocenters. The van der Waals surface area contributed by atoms with Crippen LogP contribution in [0.2, 0.25) is 0 Å². The number of piperidine rings is 1. The molecule has 1 aliphatic rings. The van der Waals surface area contributed by atoms with E-state index in [9.17, 15) is 19.6 Å². The molecule has 29 heavy (non-hydrogen) atoms. The van der Waals surface area contributed by atoms with E-state index in [-0.39, 0.29) is 23.4 Å². The van der Waals surface area contributed by atoms with Crippen molar-refractivity contribution < 1.29 is 28.6 Å². The molecule has 1 heterocycles. The SMILES string of the molecule is CCOC(=O)C1CCN(C(=O)COC(=O)/C(C#N)=C/c2ccc(OC)cc2)CC1. The second-order valence-electron chi connectivity index (χ2n) is 6.43. The third-order valence-electron chi connectivity index (χ3n) is 4.56. The van der Waals surface area contributed by atoms with Crippen LogP contribution in [0.1, 0.15) is 25.3 Å². The number of benzene rings is 1. The molecule has 1 aliphatic heterocycles. The molecule has 0 saturated carbocycles. The molecule has 1 fully saturated rings. The molecule has 0 atom stereocenters. The van der Waals surface area contributed by atoms with E-state index in [1.807, 2.05) is 0 Å². The van der Waals surface area contributed by atoms with Crippen molar-refractivity contribution in [2.75, 3.05) is 33.4 Å². The van der Waals surface area contributed by atoms with Crippen molar-refractivity contribution in [2.24, 2.45) is 5.92 Å². The highest BCUT2D eigenvalue weighted by Gasteiger charge is 2.28. The number of methoxy groups -OCH3 is 1. The summed E-state index contributed by atoms with van der Waals surface area (Å²) < 4.78 is 15.1. The zero-order valence-corrected chi connectivity index (χ0v) is 16.6. The van der Waals surface area contributed by atoms with Gasteiger partial charge in [0.1, 0.15) is 17.4 Å². The fourth-order valence-electron chi connectivity index (χ4n) is 2.92. The number of hydrogen-bond donors (Lipinski definition) is 0. The van der Waals surface area contributed by atoms with Gasteiger partial charge in [0.25, 0.3) is 5.91 Å². The monoisotopic (exact) mass is 400 g/mol. The van der Waals surface area contributed by atoms with E-state index < -0.39 is 12.6 Å². The fraction of sp³-hybridized carbons (Fsp3) is 0.429. The molecule has 8 heteroatoms. The van der Waals surface area contributed by atoms with Gasteiger partial charge in [0, 0.05) is 13.1 Å². The quantitative estimate of drug-likeness (QED) is 0.391. The van der Waals surface area contributed by atoms with Crippen LogP contribution in [-0.2, 0) is 23.9 Å². The smallest absolute Gasteiger partial charge is 0.349 e. The lowest BCUT2D eigenvalue weighted by molar-refractivity contribution is -0.153. The van der Waals surface area contributed by atoms with Gasteiger partial charge in [0.05, 0.1) is 19.6 Å². The van der Waals surface area contributed by atoms with Crippen molar-refractivity contribution in [1.29, 1.82) is 5.26 Å². The number of hydrogen-bond acceptors (Lipinski definition) is 7. The van der Waals surface area contributed by atoms with E-state index >= 15 is 0 Å². The van der Waals surface area contributed by atoms with Crippen molar-refractivity contribution >= 4 is 23.9 Å². The Bertz CT molecular complexity index is 801. The average Bonchev–Trinajstić information content (AvgIpc) is 2.76. The Balaban J connectivity index is 1.85. The number of rotatable bonds is 7. The Hall–Kier alpha value is -3.34. The summed E-state index contributed by atoms with van der Waals surface area (Å²) in [6.07, 6.45) is 2.41. The maximum Gasteiger partial charge on any atom is 0.349 e. The molecule has 154 valence electrons. The number of esters is 2. The summed E-state index contributed by atoms with van der Waals surface area (Å²) in [7, 11) is 1.54. The Labute approximate surface area is 169 Å². The number of amides is 1. The van der Waals surface area contributed by atoms with E-state index in [2.05, 4.69) is 0 Å². The second kappa shape index (κ2) is 10.9. The number of carbonyl (C=O) groups is 3. The van der Waals surface area contributed by atoms with E-state index in [4.69, 9.17) is 14.2 Å². The molecule has 0 bridgehead atoms. The van der Waals surface area contributed by atoms with Crippen LogP contribution in [0, 0.1) is 17.2 Å². The molecule has 1 aromatic carbocycles. The van der Waals surface area contributed by atoms with Gasteiger partial charge in [-0.1, -0.05) is 12.1 Å². The number of carbonyl (C=O) groups excluding carboxylic acids is 3. The zero-order chi connectivity index (χ0) is 21.2. The van der Waals surface area contributed by atoms with Crippen LogP contribution < -0.4 is 4.74 Å². The van der Waals surface area contributed by atoms with Gasteiger partial charge >= 0.3 is 11.9 Å². The van der Waals surface area contributed by atoms with E-state index in [1.54, 1.807) is 49.3 Å². The van der Waals surface area contributed by atoms with Crippen LogP contribution in [-0.4, -0.2) is 56.2 Å². The van der Waals surface area contributed by atoms with E-state index in [1.165, 1.54) is 6.08 Å². The average molecular weight is 400 g/mol. The predicted octanol–water partition coefficient (Wildman–Crippen LogP) is 1.95. The molecule has 0 radical (unpaired) electrons. The first-order valence-electron chi connectivity index (χ1n) is 9.35. The van der Waals surface area contributed by atoms with Gasteiger partial charge in [-0.2, -0.15) is 5.26 Å². The highest BCUT2D eigenvalue weighted by molar-refractivity contribution is 5.98. The fourth-order valence-corrected chi connectivity index (χ4v) is 2.92. The molecule has 0 aromatic heterocycles. The van der Waals surface area contributed by atoms with Crippen LogP contribution >= 0.6 is 0 Å². The number of ether oxygens (including phenoxy) is 3. The van der Waals surface area contributed by atoms with Gasteiger partial charge in [-0.15, -0.1) is 0 Å². The first kappa shape index (κ1) is 22.0. The van der Waals surface area contributed by atoms with Crippen LogP contribution in [0.3, 0.4) is 0 Å². The summed E-state index contributed by atoms with van der Waals surface area (Å²) in [5.41, 5.74) is 0.427. The summed E-state index contributed by atoms with van der Waals surface area (Å²) >= 11 is 0. The van der Waals surface area contributed by atoms with E-state index in [0.717, 1.165) is 0 Å². The summed E-state index contributed by atoms with van der Waals surface area (Å²) in [6.45, 7) is 2.42. The minimum atomic E-state index is -0.863. The molecular formula is C21H24N2O6. The minimum absolute atomic E-state index is 0.205. The number of nitrogens with zero attached hydrogens (tertiary/aromatic N) is 2. The summed E-state index contributed by atoms with van der Waals surface area (Å²) in [6, 6.07) is 8.59. The van der Waals surface area contributed by atoms with E-state index in [0.29, 0.717) is 43.9 Å². The maximum absolute atomic E-state index is 12.3. The predicted molar refractivity (Wildman–Crippen MR) is 103 cm³/mol. The Morgan fingerprint density at radius 1 is 1.17 bits per heavy atom. The first-order valence-corrected chi connectivity index (χ1v) is 9.35. The third-order valence-corrected chi connectivity index (χ3v) is 4.56. The molecule has 1 amide bonds. The minimum Gasteiger partial charge on any atom is -0.497 e. The van der Waals surface area contributed by atoms with Crippen LogP contribution in [0.4, 0.5) is 0 Å². The third kappa shape index (κ3) is 6.35. The Morgan fingerprint density at radius 2 is 1.83 bits per heavy atom. The highest BCUT2D eigenvalue weighted by atomic mass is 16.5. The van der Waals surface area contributed by atoms with Gasteiger partial charge in [-0.25, -0.2) is 4.79 Å². The van der Waals surface area contributed by atoms with Gasteiger partial charge in [0.15, 0.2) is 6.61 Å². The lowest BCUT2D eigenvalue weighted by atomic mass is 9.97. The standard InChI is InChI=1S/C21H24N2O6/c1-3-28-20(25)16-8-10-23(11-9-16)19(24)14-29-21(26)17(13-22)12-15-4-6-18(27-2)7-5-15/h4-7,12,16H,3,8-11,14H2,1-2H3/b17-12+. The van der Waals surface area contributed by atoms with Gasteiger partial charge in [-0.05, 0) is 43.5 Å². The van der Waals surface area contributed by atoms with Crippen molar-refractivity contribution in [3.8, 4) is 11.8 Å². The normalized spacial score (nSPS) is 14.7. The molecule has 0 aliphatic carbocycles. The summed E-state index contributed by atoms with van der Waals surface area (Å²) in [5, 5.41) is 9.21. The van der Waals surface area contributed by atoms with Gasteiger partial charge < -0.3 is 19.1 Å². The van der Waals surface area contributed by atoms with Crippen LogP contribution in [0.25, 0.3) is 6.08 Å². The maximum atomic E-state index is 12.3. The molecule has 1 aromatic rings. The largest absolute Gasteiger partial charge is 0.497 e. The van der Waals surface area contributed by atoms with Crippen molar-refractivity contribution in [3.63, 3.8) is 0 Å². The Morgan fingerprint density at radius 3 is 2.38 bits per heavy atom. The zero-order valence-electron chi connectivity index (χ0n) is 16.6. The lowest BCUT2D eigenvalue weighted by Crippen LogP contribution is -2.42. The molecule has 8 nitrogen and oxygen atoms in total. The summed E-state index contributed by atoms with van der Waals surface area (Å²) in [5.74, 6) is -1.02. The Kier molecular flexibility index (Phi) is 8.22. The van der Waals surface area contributed by atoms with Gasteiger partial charge in [0.2, 0.25) is 0 Å². The molecule has 0 N–H and O–H groups in total.